The van der Waals surface area contributed by atoms with E-state index in [4.69, 9.17) is 0 Å². The van der Waals surface area contributed by atoms with Crippen LogP contribution >= 0.6 is 0 Å². The Hall–Kier alpha value is -1.08. The average Bonchev–Trinajstić information content (AvgIpc) is 2.15. The van der Waals surface area contributed by atoms with Crippen molar-refractivity contribution in [1.82, 2.24) is 0 Å². The molecule has 13 heavy (non-hydrogen) atoms. The standard InChI is InChI=1S/C12H16O/c1-10(2)12(13)9-8-11-6-4-3-5-7-11/h3-10,12-13H,1-2H3/b9-8+/t12-/m0/s1. The first-order valence-corrected chi connectivity index (χ1v) is 4.61. The van der Waals surface area contributed by atoms with Crippen LogP contribution in [0.3, 0.4) is 0 Å². The first-order chi connectivity index (χ1) is 6.20. The molecule has 1 aromatic carbocycles. The van der Waals surface area contributed by atoms with Crippen LogP contribution in [0, 0.1) is 5.92 Å². The van der Waals surface area contributed by atoms with E-state index in [1.54, 1.807) is 0 Å². The molecular formula is C12H16O. The van der Waals surface area contributed by atoms with E-state index in [-0.39, 0.29) is 12.0 Å². The normalized spacial score (nSPS) is 13.8. The second kappa shape index (κ2) is 4.83. The number of hydrogen-bond donors (Lipinski definition) is 1. The van der Waals surface area contributed by atoms with Gasteiger partial charge in [-0.2, -0.15) is 0 Å². The molecule has 1 rings (SSSR count). The van der Waals surface area contributed by atoms with Crippen LogP contribution in [0.15, 0.2) is 36.4 Å². The molecule has 0 aliphatic carbocycles. The first kappa shape index (κ1) is 10.0. The van der Waals surface area contributed by atoms with Gasteiger partial charge in [0, 0.05) is 0 Å². The second-order valence-corrected chi connectivity index (χ2v) is 3.50. The molecule has 1 heteroatoms. The maximum Gasteiger partial charge on any atom is 0.0747 e. The number of rotatable bonds is 3. The molecule has 1 N–H and O–H groups in total. The molecule has 0 amide bonds. The minimum atomic E-state index is -0.347. The van der Waals surface area contributed by atoms with Gasteiger partial charge >= 0.3 is 0 Å². The summed E-state index contributed by atoms with van der Waals surface area (Å²) >= 11 is 0. The molecule has 0 bridgehead atoms. The molecule has 0 aliphatic heterocycles. The molecule has 0 saturated heterocycles. The van der Waals surface area contributed by atoms with E-state index in [0.29, 0.717) is 0 Å². The zero-order chi connectivity index (χ0) is 9.68. The Balaban J connectivity index is 2.59. The van der Waals surface area contributed by atoms with Gasteiger partial charge in [-0.1, -0.05) is 56.3 Å². The van der Waals surface area contributed by atoms with Crippen molar-refractivity contribution in [3.63, 3.8) is 0 Å². The molecule has 0 radical (unpaired) electrons. The molecule has 0 aromatic heterocycles. The molecule has 0 unspecified atom stereocenters. The topological polar surface area (TPSA) is 20.2 Å². The predicted octanol–water partition coefficient (Wildman–Crippen LogP) is 2.72. The van der Waals surface area contributed by atoms with E-state index in [0.717, 1.165) is 5.56 Å². The Kier molecular flexibility index (Phi) is 3.71. The van der Waals surface area contributed by atoms with Crippen LogP contribution in [0.4, 0.5) is 0 Å². The van der Waals surface area contributed by atoms with Gasteiger partial charge in [-0.3, -0.25) is 0 Å². The fourth-order valence-corrected chi connectivity index (χ4v) is 0.996. The van der Waals surface area contributed by atoms with Gasteiger partial charge in [0.2, 0.25) is 0 Å². The van der Waals surface area contributed by atoms with Crippen LogP contribution in [0.25, 0.3) is 6.08 Å². The zero-order valence-corrected chi connectivity index (χ0v) is 8.14. The maximum atomic E-state index is 9.50. The highest BCUT2D eigenvalue weighted by Crippen LogP contribution is 2.06. The number of aliphatic hydroxyl groups is 1. The van der Waals surface area contributed by atoms with Crippen LogP contribution in [-0.2, 0) is 0 Å². The third-order valence-electron chi connectivity index (χ3n) is 1.97. The van der Waals surface area contributed by atoms with E-state index in [1.165, 1.54) is 0 Å². The molecule has 1 aromatic rings. The summed E-state index contributed by atoms with van der Waals surface area (Å²) in [5.74, 6) is 0.278. The summed E-state index contributed by atoms with van der Waals surface area (Å²) in [6, 6.07) is 9.99. The van der Waals surface area contributed by atoms with E-state index in [1.807, 2.05) is 56.3 Å². The Labute approximate surface area is 79.7 Å². The van der Waals surface area contributed by atoms with Crippen molar-refractivity contribution in [1.29, 1.82) is 0 Å². The van der Waals surface area contributed by atoms with E-state index < -0.39 is 0 Å². The largest absolute Gasteiger partial charge is 0.389 e. The Morgan fingerprint density at radius 2 is 1.77 bits per heavy atom. The van der Waals surface area contributed by atoms with E-state index >= 15 is 0 Å². The molecule has 0 saturated carbocycles. The van der Waals surface area contributed by atoms with Crippen molar-refractivity contribution >= 4 is 6.08 Å². The van der Waals surface area contributed by atoms with Crippen molar-refractivity contribution in [2.75, 3.05) is 0 Å². The number of hydrogen-bond acceptors (Lipinski definition) is 1. The third kappa shape index (κ3) is 3.43. The monoisotopic (exact) mass is 176 g/mol. The van der Waals surface area contributed by atoms with Crippen LogP contribution in [-0.4, -0.2) is 11.2 Å². The van der Waals surface area contributed by atoms with Crippen molar-refractivity contribution in [3.8, 4) is 0 Å². The fraction of sp³-hybridized carbons (Fsp3) is 0.333. The summed E-state index contributed by atoms with van der Waals surface area (Å²) in [5, 5.41) is 9.50. The van der Waals surface area contributed by atoms with E-state index in [9.17, 15) is 5.11 Å². The van der Waals surface area contributed by atoms with Gasteiger partial charge in [0.25, 0.3) is 0 Å². The van der Waals surface area contributed by atoms with Crippen LogP contribution in [0.2, 0.25) is 0 Å². The van der Waals surface area contributed by atoms with Gasteiger partial charge in [0.05, 0.1) is 6.10 Å². The minimum absolute atomic E-state index is 0.278. The van der Waals surface area contributed by atoms with Crippen molar-refractivity contribution in [2.45, 2.75) is 20.0 Å². The van der Waals surface area contributed by atoms with Crippen molar-refractivity contribution in [3.05, 3.63) is 42.0 Å². The Morgan fingerprint density at radius 3 is 2.31 bits per heavy atom. The van der Waals surface area contributed by atoms with Gasteiger partial charge < -0.3 is 5.11 Å². The molecular weight excluding hydrogens is 160 g/mol. The van der Waals surface area contributed by atoms with E-state index in [2.05, 4.69) is 0 Å². The molecule has 1 nitrogen and oxygen atoms in total. The third-order valence-corrected chi connectivity index (χ3v) is 1.97. The summed E-state index contributed by atoms with van der Waals surface area (Å²) in [5.41, 5.74) is 1.13. The van der Waals surface area contributed by atoms with Gasteiger partial charge in [-0.25, -0.2) is 0 Å². The van der Waals surface area contributed by atoms with Crippen molar-refractivity contribution < 1.29 is 5.11 Å². The van der Waals surface area contributed by atoms with Gasteiger partial charge in [-0.05, 0) is 11.5 Å². The van der Waals surface area contributed by atoms with Crippen LogP contribution in [0.1, 0.15) is 19.4 Å². The lowest BCUT2D eigenvalue weighted by atomic mass is 10.1. The molecule has 0 heterocycles. The molecule has 70 valence electrons. The van der Waals surface area contributed by atoms with Gasteiger partial charge in [0.15, 0.2) is 0 Å². The lowest BCUT2D eigenvalue weighted by Crippen LogP contribution is -2.10. The average molecular weight is 176 g/mol. The maximum absolute atomic E-state index is 9.50. The molecule has 0 fully saturated rings. The SMILES string of the molecule is CC(C)[C@@H](O)/C=C/c1ccccc1. The lowest BCUT2D eigenvalue weighted by molar-refractivity contribution is 0.173. The molecule has 0 aliphatic rings. The summed E-state index contributed by atoms with van der Waals surface area (Å²) < 4.78 is 0. The predicted molar refractivity (Wildman–Crippen MR) is 56.3 cm³/mol. The highest BCUT2D eigenvalue weighted by molar-refractivity contribution is 5.49. The fourth-order valence-electron chi connectivity index (χ4n) is 0.996. The summed E-state index contributed by atoms with van der Waals surface area (Å²) in [6.45, 7) is 4.00. The van der Waals surface area contributed by atoms with Gasteiger partial charge in [0.1, 0.15) is 0 Å². The summed E-state index contributed by atoms with van der Waals surface area (Å²) in [7, 11) is 0. The Bertz CT molecular complexity index is 262. The molecule has 1 atom stereocenters. The quantitative estimate of drug-likeness (QED) is 0.750. The van der Waals surface area contributed by atoms with Crippen LogP contribution < -0.4 is 0 Å². The zero-order valence-electron chi connectivity index (χ0n) is 8.14. The number of aliphatic hydroxyl groups excluding tert-OH is 1. The summed E-state index contributed by atoms with van der Waals surface area (Å²) in [4.78, 5) is 0. The summed E-state index contributed by atoms with van der Waals surface area (Å²) in [6.07, 6.45) is 3.44. The lowest BCUT2D eigenvalue weighted by Gasteiger charge is -2.08. The smallest absolute Gasteiger partial charge is 0.0747 e. The van der Waals surface area contributed by atoms with Crippen molar-refractivity contribution in [2.24, 2.45) is 5.92 Å². The minimum Gasteiger partial charge on any atom is -0.389 e. The Morgan fingerprint density at radius 1 is 1.15 bits per heavy atom. The highest BCUT2D eigenvalue weighted by Gasteiger charge is 2.02. The number of benzene rings is 1. The highest BCUT2D eigenvalue weighted by atomic mass is 16.3. The first-order valence-electron chi connectivity index (χ1n) is 4.61. The van der Waals surface area contributed by atoms with Gasteiger partial charge in [-0.15, -0.1) is 0 Å². The second-order valence-electron chi connectivity index (χ2n) is 3.50. The molecule has 0 spiro atoms. The van der Waals surface area contributed by atoms with Crippen LogP contribution in [0.5, 0.6) is 0 Å².